The van der Waals surface area contributed by atoms with Crippen LogP contribution < -0.4 is 4.72 Å². The monoisotopic (exact) mass is 485 g/mol. The number of rotatable bonds is 7. The Morgan fingerprint density at radius 1 is 1.19 bits per heavy atom. The molecule has 0 atom stereocenters. The number of nitrogens with zero attached hydrogens (tertiary/aromatic N) is 2. The van der Waals surface area contributed by atoms with E-state index in [0.29, 0.717) is 5.56 Å². The van der Waals surface area contributed by atoms with Crippen LogP contribution in [0, 0.1) is 5.82 Å². The number of nitrogens with one attached hydrogen (secondary N) is 1. The minimum atomic E-state index is -3.91. The van der Waals surface area contributed by atoms with Gasteiger partial charge in [0.2, 0.25) is 15.8 Å². The third-order valence-electron chi connectivity index (χ3n) is 4.32. The van der Waals surface area contributed by atoms with Crippen LogP contribution in [0.2, 0.25) is 10.0 Å². The predicted octanol–water partition coefficient (Wildman–Crippen LogP) is 3.98. The molecule has 1 aromatic heterocycles. The summed E-state index contributed by atoms with van der Waals surface area (Å²) in [6, 6.07) is 7.51. The SMILES string of the molecule is O=C(OCc1noc(-c2ccc(F)cc2)n1)c1cc(S(=O)(=O)NC2CC2)c(Cl)cc1Cl. The van der Waals surface area contributed by atoms with Crippen LogP contribution in [0.15, 0.2) is 45.8 Å². The number of halogens is 3. The average Bonchev–Trinajstić information content (AvgIpc) is 3.38. The maximum Gasteiger partial charge on any atom is 0.340 e. The molecule has 0 saturated heterocycles. The molecule has 4 rings (SSSR count). The summed E-state index contributed by atoms with van der Waals surface area (Å²) in [6.07, 6.45) is 1.48. The number of hydrogen-bond donors (Lipinski definition) is 1. The van der Waals surface area contributed by atoms with Crippen LogP contribution in [0.25, 0.3) is 11.5 Å². The third kappa shape index (κ3) is 5.04. The molecule has 3 aromatic rings. The number of benzene rings is 2. The van der Waals surface area contributed by atoms with Gasteiger partial charge in [0, 0.05) is 11.6 Å². The van der Waals surface area contributed by atoms with E-state index in [0.717, 1.165) is 18.9 Å². The molecule has 8 nitrogen and oxygen atoms in total. The summed E-state index contributed by atoms with van der Waals surface area (Å²) < 4.78 is 50.7. The maximum absolute atomic E-state index is 13.0. The fourth-order valence-corrected chi connectivity index (χ4v) is 4.76. The molecule has 1 heterocycles. The average molecular weight is 486 g/mol. The standard InChI is InChI=1S/C19H14Cl2FN3O5S/c20-14-8-15(21)16(31(27,28)25-12-5-6-12)7-13(14)19(26)29-9-17-23-18(30-24-17)10-1-3-11(22)4-2-10/h1-4,7-8,12,25H,5-6,9H2. The van der Waals surface area contributed by atoms with Crippen molar-refractivity contribution in [1.82, 2.24) is 14.9 Å². The zero-order valence-electron chi connectivity index (χ0n) is 15.6. The van der Waals surface area contributed by atoms with Gasteiger partial charge >= 0.3 is 5.97 Å². The van der Waals surface area contributed by atoms with E-state index in [1.165, 1.54) is 30.3 Å². The first-order chi connectivity index (χ1) is 14.7. The maximum atomic E-state index is 13.0. The molecule has 1 fully saturated rings. The highest BCUT2D eigenvalue weighted by molar-refractivity contribution is 7.89. The lowest BCUT2D eigenvalue weighted by Crippen LogP contribution is -2.26. The Kier molecular flexibility index (Phi) is 5.98. The topological polar surface area (TPSA) is 111 Å². The summed E-state index contributed by atoms with van der Waals surface area (Å²) in [4.78, 5) is 16.3. The number of carbonyl (C=O) groups is 1. The summed E-state index contributed by atoms with van der Waals surface area (Å²) in [5.41, 5.74) is 0.315. The smallest absolute Gasteiger partial charge is 0.340 e. The quantitative estimate of drug-likeness (QED) is 0.503. The van der Waals surface area contributed by atoms with Gasteiger partial charge in [0.05, 0.1) is 15.6 Å². The Hall–Kier alpha value is -2.53. The minimum absolute atomic E-state index is 0.0565. The van der Waals surface area contributed by atoms with E-state index in [1.807, 2.05) is 0 Å². The van der Waals surface area contributed by atoms with E-state index >= 15 is 0 Å². The van der Waals surface area contributed by atoms with Crippen molar-refractivity contribution in [3.05, 3.63) is 63.6 Å². The number of ether oxygens (including phenoxy) is 1. The number of sulfonamides is 1. The number of esters is 1. The van der Waals surface area contributed by atoms with Gasteiger partial charge in [0.25, 0.3) is 5.89 Å². The first-order valence-corrected chi connectivity index (χ1v) is 11.2. The second kappa shape index (κ2) is 8.54. The molecule has 1 aliphatic carbocycles. The predicted molar refractivity (Wildman–Crippen MR) is 109 cm³/mol. The Morgan fingerprint density at radius 3 is 2.58 bits per heavy atom. The van der Waals surface area contributed by atoms with Crippen molar-refractivity contribution in [3.63, 3.8) is 0 Å². The second-order valence-corrected chi connectivity index (χ2v) is 9.25. The fourth-order valence-electron chi connectivity index (χ4n) is 2.61. The largest absolute Gasteiger partial charge is 0.454 e. The van der Waals surface area contributed by atoms with Crippen molar-refractivity contribution < 1.29 is 26.9 Å². The normalized spacial score (nSPS) is 13.9. The summed E-state index contributed by atoms with van der Waals surface area (Å²) in [5, 5.41) is 3.51. The molecule has 0 radical (unpaired) electrons. The molecule has 12 heteroatoms. The Balaban J connectivity index is 1.48. The molecule has 1 saturated carbocycles. The van der Waals surface area contributed by atoms with E-state index in [-0.39, 0.29) is 44.9 Å². The Labute approximate surface area is 186 Å². The van der Waals surface area contributed by atoms with Crippen LogP contribution in [-0.2, 0) is 21.4 Å². The van der Waals surface area contributed by atoms with E-state index in [9.17, 15) is 17.6 Å². The van der Waals surface area contributed by atoms with Crippen molar-refractivity contribution in [3.8, 4) is 11.5 Å². The van der Waals surface area contributed by atoms with Gasteiger partial charge < -0.3 is 9.26 Å². The summed E-state index contributed by atoms with van der Waals surface area (Å²) in [7, 11) is -3.91. The number of aromatic nitrogens is 2. The lowest BCUT2D eigenvalue weighted by molar-refractivity contribution is 0.0459. The van der Waals surface area contributed by atoms with Crippen molar-refractivity contribution in [2.45, 2.75) is 30.4 Å². The lowest BCUT2D eigenvalue weighted by Gasteiger charge is -2.11. The van der Waals surface area contributed by atoms with Crippen LogP contribution in [0.4, 0.5) is 4.39 Å². The minimum Gasteiger partial charge on any atom is -0.454 e. The molecule has 1 N–H and O–H groups in total. The number of hydrogen-bond acceptors (Lipinski definition) is 7. The van der Waals surface area contributed by atoms with E-state index in [2.05, 4.69) is 14.9 Å². The van der Waals surface area contributed by atoms with Gasteiger partial charge in [0.15, 0.2) is 6.61 Å². The molecule has 0 unspecified atom stereocenters. The number of carbonyl (C=O) groups excluding carboxylic acids is 1. The summed E-state index contributed by atoms with van der Waals surface area (Å²) in [6.45, 7) is -0.356. The molecule has 0 spiro atoms. The zero-order valence-corrected chi connectivity index (χ0v) is 18.0. The Bertz CT molecular complexity index is 1240. The molecule has 0 bridgehead atoms. The van der Waals surface area contributed by atoms with E-state index in [4.69, 9.17) is 32.5 Å². The highest BCUT2D eigenvalue weighted by Crippen LogP contribution is 2.31. The van der Waals surface area contributed by atoms with Gasteiger partial charge in [0.1, 0.15) is 10.7 Å². The van der Waals surface area contributed by atoms with Gasteiger partial charge in [-0.3, -0.25) is 0 Å². The molecule has 162 valence electrons. The van der Waals surface area contributed by atoms with Gasteiger partial charge in [-0.25, -0.2) is 22.3 Å². The van der Waals surface area contributed by atoms with Crippen LogP contribution >= 0.6 is 23.2 Å². The first kappa shape index (κ1) is 21.7. The molecule has 31 heavy (non-hydrogen) atoms. The summed E-state index contributed by atoms with van der Waals surface area (Å²) >= 11 is 12.1. The van der Waals surface area contributed by atoms with Gasteiger partial charge in [-0.1, -0.05) is 28.4 Å². The molecular weight excluding hydrogens is 472 g/mol. The molecular formula is C19H14Cl2FN3O5S. The third-order valence-corrected chi connectivity index (χ3v) is 6.62. The highest BCUT2D eigenvalue weighted by Gasteiger charge is 2.30. The zero-order chi connectivity index (χ0) is 22.2. The summed E-state index contributed by atoms with van der Waals surface area (Å²) in [5.74, 6) is -1.13. The lowest BCUT2D eigenvalue weighted by atomic mass is 10.2. The van der Waals surface area contributed by atoms with Gasteiger partial charge in [-0.05, 0) is 49.2 Å². The molecule has 2 aromatic carbocycles. The van der Waals surface area contributed by atoms with Crippen LogP contribution in [-0.4, -0.2) is 30.6 Å². The van der Waals surface area contributed by atoms with Crippen molar-refractivity contribution in [1.29, 1.82) is 0 Å². The highest BCUT2D eigenvalue weighted by atomic mass is 35.5. The first-order valence-electron chi connectivity index (χ1n) is 9.00. The van der Waals surface area contributed by atoms with Crippen LogP contribution in [0.5, 0.6) is 0 Å². The molecule has 0 amide bonds. The van der Waals surface area contributed by atoms with Crippen molar-refractivity contribution in [2.75, 3.05) is 0 Å². The Morgan fingerprint density at radius 2 is 1.90 bits per heavy atom. The molecule has 0 aliphatic heterocycles. The molecule has 1 aliphatic rings. The van der Waals surface area contributed by atoms with Crippen molar-refractivity contribution in [2.24, 2.45) is 0 Å². The van der Waals surface area contributed by atoms with Crippen molar-refractivity contribution >= 4 is 39.2 Å². The van der Waals surface area contributed by atoms with Crippen LogP contribution in [0.1, 0.15) is 29.0 Å². The van der Waals surface area contributed by atoms with Gasteiger partial charge in [-0.15, -0.1) is 0 Å². The fraction of sp³-hybridized carbons (Fsp3) is 0.211. The van der Waals surface area contributed by atoms with E-state index in [1.54, 1.807) is 0 Å². The van der Waals surface area contributed by atoms with Gasteiger partial charge in [-0.2, -0.15) is 4.98 Å². The van der Waals surface area contributed by atoms with Crippen LogP contribution in [0.3, 0.4) is 0 Å². The van der Waals surface area contributed by atoms with E-state index < -0.39 is 21.8 Å². The second-order valence-electron chi connectivity index (χ2n) is 6.76.